The molecule has 23 heavy (non-hydrogen) atoms. The quantitative estimate of drug-likeness (QED) is 0.683. The van der Waals surface area contributed by atoms with Crippen LogP contribution in [-0.4, -0.2) is 9.55 Å². The second-order valence-corrected chi connectivity index (χ2v) is 6.30. The normalized spacial score (nSPS) is 12.5. The van der Waals surface area contributed by atoms with Crippen LogP contribution in [0.5, 0.6) is 0 Å². The van der Waals surface area contributed by atoms with Crippen LogP contribution in [0, 0.1) is 0 Å². The maximum atomic E-state index is 12.8. The van der Waals surface area contributed by atoms with E-state index in [0.29, 0.717) is 26.8 Å². The van der Waals surface area contributed by atoms with Gasteiger partial charge in [-0.15, -0.1) is 0 Å². The predicted molar refractivity (Wildman–Crippen MR) is 95.6 cm³/mol. The van der Waals surface area contributed by atoms with Crippen molar-refractivity contribution < 1.29 is 0 Å². The molecule has 1 unspecified atom stereocenters. The average Bonchev–Trinajstić information content (AvgIpc) is 2.56. The molecule has 0 fully saturated rings. The Morgan fingerprint density at radius 3 is 2.43 bits per heavy atom. The smallest absolute Gasteiger partial charge is 0.273 e. The highest BCUT2D eigenvalue weighted by molar-refractivity contribution is 6.42. The monoisotopic (exact) mass is 346 g/mol. The minimum absolute atomic E-state index is 0.0475. The maximum Gasteiger partial charge on any atom is 0.273 e. The molecule has 0 aliphatic carbocycles. The topological polar surface area (TPSA) is 34.9 Å². The molecule has 3 rings (SSSR count). The van der Waals surface area contributed by atoms with Crippen molar-refractivity contribution in [1.82, 2.24) is 9.55 Å². The van der Waals surface area contributed by atoms with Crippen LogP contribution in [0.3, 0.4) is 0 Å². The molecular formula is C18H16Cl2N2O. The molecule has 118 valence electrons. The summed E-state index contributed by atoms with van der Waals surface area (Å²) in [5.41, 5.74) is 2.86. The molecule has 1 heterocycles. The number of halogens is 2. The van der Waals surface area contributed by atoms with Gasteiger partial charge in [0.05, 0.1) is 21.1 Å². The second kappa shape index (κ2) is 6.34. The van der Waals surface area contributed by atoms with Gasteiger partial charge in [-0.1, -0.05) is 60.5 Å². The Labute approximate surface area is 144 Å². The van der Waals surface area contributed by atoms with Crippen molar-refractivity contribution in [3.05, 3.63) is 74.1 Å². The fourth-order valence-corrected chi connectivity index (χ4v) is 3.16. The van der Waals surface area contributed by atoms with Gasteiger partial charge in [-0.25, -0.2) is 4.98 Å². The Hall–Kier alpha value is -1.84. The van der Waals surface area contributed by atoms with Crippen molar-refractivity contribution in [2.24, 2.45) is 7.05 Å². The van der Waals surface area contributed by atoms with Crippen LogP contribution in [-0.2, 0) is 7.05 Å². The molecule has 3 nitrogen and oxygen atoms in total. The van der Waals surface area contributed by atoms with Crippen LogP contribution in [0.25, 0.3) is 11.0 Å². The Morgan fingerprint density at radius 1 is 1.13 bits per heavy atom. The number of nitrogens with zero attached hydrogens (tertiary/aromatic N) is 2. The number of aromatic nitrogens is 2. The third-order valence-corrected chi connectivity index (χ3v) is 4.81. The van der Waals surface area contributed by atoms with Gasteiger partial charge < -0.3 is 4.57 Å². The summed E-state index contributed by atoms with van der Waals surface area (Å²) in [5.74, 6) is -0.0475. The average molecular weight is 347 g/mol. The van der Waals surface area contributed by atoms with Crippen molar-refractivity contribution in [3.8, 4) is 0 Å². The van der Waals surface area contributed by atoms with Crippen LogP contribution >= 0.6 is 23.2 Å². The lowest BCUT2D eigenvalue weighted by Crippen LogP contribution is -2.26. The molecule has 3 aromatic rings. The first-order valence-corrected chi connectivity index (χ1v) is 8.19. The van der Waals surface area contributed by atoms with Crippen molar-refractivity contribution in [2.45, 2.75) is 19.3 Å². The number of hydrogen-bond acceptors (Lipinski definition) is 2. The van der Waals surface area contributed by atoms with E-state index in [-0.39, 0.29) is 11.5 Å². The van der Waals surface area contributed by atoms with Gasteiger partial charge in [-0.05, 0) is 24.1 Å². The lowest BCUT2D eigenvalue weighted by Gasteiger charge is -2.16. The zero-order valence-corrected chi connectivity index (χ0v) is 14.4. The number of fused-ring (bicyclic) bond motifs is 1. The molecule has 2 aromatic carbocycles. The summed E-state index contributed by atoms with van der Waals surface area (Å²) in [4.78, 5) is 17.4. The Balaban J connectivity index is 2.27. The summed E-state index contributed by atoms with van der Waals surface area (Å²) < 4.78 is 1.59. The van der Waals surface area contributed by atoms with Crippen LogP contribution < -0.4 is 5.56 Å². The zero-order chi connectivity index (χ0) is 16.6. The standard InChI is InChI=1S/C18H16Cl2N2O/c1-3-12(11-7-5-4-6-8-11)17-18(23)22(2)16-10-14(20)13(19)9-15(16)21-17/h4-10,12H,3H2,1-2H3. The van der Waals surface area contributed by atoms with Gasteiger partial charge in [0.2, 0.25) is 0 Å². The van der Waals surface area contributed by atoms with Crippen LogP contribution in [0.15, 0.2) is 47.3 Å². The summed E-state index contributed by atoms with van der Waals surface area (Å²) >= 11 is 12.2. The fourth-order valence-electron chi connectivity index (χ4n) is 2.84. The van der Waals surface area contributed by atoms with Gasteiger partial charge in [0.15, 0.2) is 0 Å². The molecule has 0 amide bonds. The summed E-state index contributed by atoms with van der Waals surface area (Å²) in [7, 11) is 1.73. The lowest BCUT2D eigenvalue weighted by molar-refractivity contribution is 0.718. The molecule has 0 N–H and O–H groups in total. The molecular weight excluding hydrogens is 331 g/mol. The SMILES string of the molecule is CCC(c1ccccc1)c1nc2cc(Cl)c(Cl)cc2n(C)c1=O. The first-order valence-electron chi connectivity index (χ1n) is 7.43. The van der Waals surface area contributed by atoms with E-state index in [2.05, 4.69) is 11.9 Å². The summed E-state index contributed by atoms with van der Waals surface area (Å²) in [6, 6.07) is 13.3. The molecule has 1 aromatic heterocycles. The predicted octanol–water partition coefficient (Wildman–Crippen LogP) is 4.78. The van der Waals surface area contributed by atoms with Crippen molar-refractivity contribution in [1.29, 1.82) is 0 Å². The fraction of sp³-hybridized carbons (Fsp3) is 0.222. The van der Waals surface area contributed by atoms with E-state index in [0.717, 1.165) is 12.0 Å². The maximum absolute atomic E-state index is 12.8. The van der Waals surface area contributed by atoms with Gasteiger partial charge in [-0.2, -0.15) is 0 Å². The molecule has 5 heteroatoms. The highest BCUT2D eigenvalue weighted by Gasteiger charge is 2.20. The number of rotatable bonds is 3. The summed E-state index contributed by atoms with van der Waals surface area (Å²) in [5, 5.41) is 0.850. The van der Waals surface area contributed by atoms with E-state index in [1.807, 2.05) is 30.3 Å². The van der Waals surface area contributed by atoms with E-state index >= 15 is 0 Å². The first-order chi connectivity index (χ1) is 11.0. The molecule has 0 bridgehead atoms. The highest BCUT2D eigenvalue weighted by Crippen LogP contribution is 2.29. The molecule has 0 radical (unpaired) electrons. The van der Waals surface area contributed by atoms with Gasteiger partial charge in [0.25, 0.3) is 5.56 Å². The van der Waals surface area contributed by atoms with E-state index in [1.54, 1.807) is 23.7 Å². The van der Waals surface area contributed by atoms with E-state index in [4.69, 9.17) is 23.2 Å². The van der Waals surface area contributed by atoms with Crippen molar-refractivity contribution in [2.75, 3.05) is 0 Å². The highest BCUT2D eigenvalue weighted by atomic mass is 35.5. The minimum Gasteiger partial charge on any atom is -0.308 e. The summed E-state index contributed by atoms with van der Waals surface area (Å²) in [6.45, 7) is 2.05. The Bertz CT molecular complexity index is 920. The van der Waals surface area contributed by atoms with Crippen LogP contribution in [0.2, 0.25) is 10.0 Å². The molecule has 0 saturated carbocycles. The van der Waals surface area contributed by atoms with Crippen molar-refractivity contribution >= 4 is 34.2 Å². The Kier molecular flexibility index (Phi) is 4.42. The zero-order valence-electron chi connectivity index (χ0n) is 12.9. The minimum atomic E-state index is -0.105. The largest absolute Gasteiger partial charge is 0.308 e. The second-order valence-electron chi connectivity index (χ2n) is 5.49. The van der Waals surface area contributed by atoms with Gasteiger partial charge in [0.1, 0.15) is 5.69 Å². The third kappa shape index (κ3) is 2.87. The molecule has 0 aliphatic heterocycles. The molecule has 0 aliphatic rings. The first kappa shape index (κ1) is 16.0. The van der Waals surface area contributed by atoms with E-state index < -0.39 is 0 Å². The molecule has 0 saturated heterocycles. The van der Waals surface area contributed by atoms with Gasteiger partial charge in [-0.3, -0.25) is 4.79 Å². The third-order valence-electron chi connectivity index (χ3n) is 4.08. The Morgan fingerprint density at radius 2 is 1.78 bits per heavy atom. The van der Waals surface area contributed by atoms with Crippen molar-refractivity contribution in [3.63, 3.8) is 0 Å². The lowest BCUT2D eigenvalue weighted by atomic mass is 9.93. The van der Waals surface area contributed by atoms with Crippen LogP contribution in [0.4, 0.5) is 0 Å². The summed E-state index contributed by atoms with van der Waals surface area (Å²) in [6.07, 6.45) is 0.791. The molecule has 1 atom stereocenters. The number of benzene rings is 2. The van der Waals surface area contributed by atoms with E-state index in [1.165, 1.54) is 0 Å². The van der Waals surface area contributed by atoms with Crippen LogP contribution in [0.1, 0.15) is 30.5 Å². The van der Waals surface area contributed by atoms with Gasteiger partial charge in [0, 0.05) is 13.0 Å². The molecule has 0 spiro atoms. The van der Waals surface area contributed by atoms with Gasteiger partial charge >= 0.3 is 0 Å². The number of hydrogen-bond donors (Lipinski definition) is 0. The van der Waals surface area contributed by atoms with E-state index in [9.17, 15) is 4.79 Å². The number of aryl methyl sites for hydroxylation is 1.